The lowest BCUT2D eigenvalue weighted by molar-refractivity contribution is 0.454. The second kappa shape index (κ2) is 8.37. The quantitative estimate of drug-likeness (QED) is 0.458. The van der Waals surface area contributed by atoms with Gasteiger partial charge in [0.25, 0.3) is 10.0 Å². The second-order valence-corrected chi connectivity index (χ2v) is 8.81. The van der Waals surface area contributed by atoms with Crippen LogP contribution in [0.15, 0.2) is 71.9 Å². The highest BCUT2D eigenvalue weighted by Crippen LogP contribution is 2.25. The van der Waals surface area contributed by atoms with Crippen molar-refractivity contribution < 1.29 is 13.2 Å². The molecule has 0 bridgehead atoms. The molecule has 1 N–H and O–H groups in total. The Balaban J connectivity index is 1.44. The van der Waals surface area contributed by atoms with Gasteiger partial charge in [-0.3, -0.25) is 9.29 Å². The van der Waals surface area contributed by atoms with Crippen molar-refractivity contribution in [3.8, 4) is 17.4 Å². The molecule has 0 atom stereocenters. The zero-order valence-electron chi connectivity index (χ0n) is 16.7. The number of imidazole rings is 1. The van der Waals surface area contributed by atoms with E-state index in [2.05, 4.69) is 19.9 Å². The van der Waals surface area contributed by atoms with Crippen LogP contribution in [0.25, 0.3) is 5.82 Å². The van der Waals surface area contributed by atoms with Crippen LogP contribution in [0.1, 0.15) is 11.4 Å². The standard InChI is InChI=1S/C21H18ClN5O3S/c1-14-3-8-18(13-19(14)22)31(28,29)26-16-4-6-17(7-5-16)30-21-10-9-20(24-25-21)27-12-11-23-15(27)2/h3-13,26H,1-2H3. The Morgan fingerprint density at radius 3 is 2.39 bits per heavy atom. The van der Waals surface area contributed by atoms with Crippen LogP contribution in [0.3, 0.4) is 0 Å². The average Bonchev–Trinajstić information content (AvgIpc) is 3.17. The molecule has 10 heteroatoms. The monoisotopic (exact) mass is 455 g/mol. The van der Waals surface area contributed by atoms with Crippen molar-refractivity contribution in [2.75, 3.05) is 4.72 Å². The summed E-state index contributed by atoms with van der Waals surface area (Å²) >= 11 is 6.04. The number of aryl methyl sites for hydroxylation is 2. The molecule has 0 spiro atoms. The minimum atomic E-state index is -3.76. The van der Waals surface area contributed by atoms with Gasteiger partial charge in [-0.15, -0.1) is 10.2 Å². The van der Waals surface area contributed by atoms with Gasteiger partial charge in [-0.25, -0.2) is 13.4 Å². The van der Waals surface area contributed by atoms with Crippen molar-refractivity contribution in [3.63, 3.8) is 0 Å². The van der Waals surface area contributed by atoms with Crippen LogP contribution in [-0.2, 0) is 10.0 Å². The summed E-state index contributed by atoms with van der Waals surface area (Å²) in [5.74, 6) is 2.23. The molecular weight excluding hydrogens is 438 g/mol. The van der Waals surface area contributed by atoms with E-state index >= 15 is 0 Å². The number of nitrogens with one attached hydrogen (secondary N) is 1. The van der Waals surface area contributed by atoms with Crippen LogP contribution in [0, 0.1) is 13.8 Å². The zero-order valence-corrected chi connectivity index (χ0v) is 18.2. The SMILES string of the molecule is Cc1ccc(S(=O)(=O)Nc2ccc(Oc3ccc(-n4ccnc4C)nn3)cc2)cc1Cl. The smallest absolute Gasteiger partial charge is 0.261 e. The maximum atomic E-state index is 12.6. The molecule has 0 radical (unpaired) electrons. The number of ether oxygens (including phenoxy) is 1. The van der Waals surface area contributed by atoms with Crippen LogP contribution < -0.4 is 9.46 Å². The molecule has 0 fully saturated rings. The van der Waals surface area contributed by atoms with E-state index in [1.54, 1.807) is 59.4 Å². The second-order valence-electron chi connectivity index (χ2n) is 6.72. The van der Waals surface area contributed by atoms with E-state index < -0.39 is 10.0 Å². The molecule has 4 rings (SSSR count). The summed E-state index contributed by atoms with van der Waals surface area (Å²) in [5, 5.41) is 8.59. The molecule has 0 amide bonds. The molecule has 0 unspecified atom stereocenters. The molecule has 0 aliphatic carbocycles. The highest BCUT2D eigenvalue weighted by Gasteiger charge is 2.15. The van der Waals surface area contributed by atoms with Gasteiger partial charge in [0.1, 0.15) is 11.6 Å². The largest absolute Gasteiger partial charge is 0.438 e. The number of nitrogens with zero attached hydrogens (tertiary/aromatic N) is 4. The number of sulfonamides is 1. The van der Waals surface area contributed by atoms with Gasteiger partial charge in [0, 0.05) is 29.2 Å². The molecule has 158 valence electrons. The third-order valence-corrected chi connectivity index (χ3v) is 6.27. The van der Waals surface area contributed by atoms with Gasteiger partial charge in [-0.1, -0.05) is 17.7 Å². The Kier molecular flexibility index (Phi) is 5.62. The summed E-state index contributed by atoms with van der Waals surface area (Å²) in [6.07, 6.45) is 3.48. The fraction of sp³-hybridized carbons (Fsp3) is 0.0952. The van der Waals surface area contributed by atoms with Crippen molar-refractivity contribution in [1.82, 2.24) is 19.7 Å². The van der Waals surface area contributed by atoms with Crippen LogP contribution in [0.5, 0.6) is 11.6 Å². The number of aromatic nitrogens is 4. The van der Waals surface area contributed by atoms with Crippen molar-refractivity contribution in [1.29, 1.82) is 0 Å². The molecular formula is C21H18ClN5O3S. The van der Waals surface area contributed by atoms with Gasteiger partial charge in [0.05, 0.1) is 4.90 Å². The van der Waals surface area contributed by atoms with Gasteiger partial charge in [0.2, 0.25) is 5.88 Å². The van der Waals surface area contributed by atoms with E-state index in [4.69, 9.17) is 16.3 Å². The minimum absolute atomic E-state index is 0.0897. The van der Waals surface area contributed by atoms with Crippen LogP contribution >= 0.6 is 11.6 Å². The average molecular weight is 456 g/mol. The Bertz CT molecular complexity index is 1320. The summed E-state index contributed by atoms with van der Waals surface area (Å²) < 4.78 is 35.2. The summed E-state index contributed by atoms with van der Waals surface area (Å²) in [6, 6.07) is 14.5. The first kappa shape index (κ1) is 20.8. The number of halogens is 1. The molecule has 2 heterocycles. The fourth-order valence-corrected chi connectivity index (χ4v) is 4.11. The first-order chi connectivity index (χ1) is 14.8. The molecule has 0 saturated carbocycles. The molecule has 2 aromatic carbocycles. The topological polar surface area (TPSA) is 99.0 Å². The predicted molar refractivity (Wildman–Crippen MR) is 117 cm³/mol. The van der Waals surface area contributed by atoms with Crippen molar-refractivity contribution in [2.24, 2.45) is 0 Å². The molecule has 0 aliphatic heterocycles. The normalized spacial score (nSPS) is 11.3. The summed E-state index contributed by atoms with van der Waals surface area (Å²) in [5.41, 5.74) is 1.19. The first-order valence-corrected chi connectivity index (χ1v) is 11.1. The molecule has 0 aliphatic rings. The van der Waals surface area contributed by atoms with E-state index in [-0.39, 0.29) is 4.90 Å². The van der Waals surface area contributed by atoms with Gasteiger partial charge in [0.15, 0.2) is 5.82 Å². The number of benzene rings is 2. The van der Waals surface area contributed by atoms with E-state index in [0.29, 0.717) is 28.2 Å². The summed E-state index contributed by atoms with van der Waals surface area (Å²) in [6.45, 7) is 3.68. The van der Waals surface area contributed by atoms with E-state index in [1.165, 1.54) is 12.1 Å². The fourth-order valence-electron chi connectivity index (χ4n) is 2.78. The van der Waals surface area contributed by atoms with Crippen molar-refractivity contribution in [2.45, 2.75) is 18.7 Å². The third kappa shape index (κ3) is 4.68. The van der Waals surface area contributed by atoms with Crippen molar-refractivity contribution in [3.05, 3.63) is 83.4 Å². The first-order valence-electron chi connectivity index (χ1n) is 9.23. The Morgan fingerprint density at radius 2 is 1.77 bits per heavy atom. The number of hydrogen-bond donors (Lipinski definition) is 1. The number of hydrogen-bond acceptors (Lipinski definition) is 6. The van der Waals surface area contributed by atoms with Gasteiger partial charge >= 0.3 is 0 Å². The van der Waals surface area contributed by atoms with Crippen LogP contribution in [0.4, 0.5) is 5.69 Å². The van der Waals surface area contributed by atoms with E-state index in [9.17, 15) is 8.42 Å². The Morgan fingerprint density at radius 1 is 1.00 bits per heavy atom. The van der Waals surface area contributed by atoms with Gasteiger partial charge in [-0.05, 0) is 61.9 Å². The molecule has 31 heavy (non-hydrogen) atoms. The molecule has 4 aromatic rings. The highest BCUT2D eigenvalue weighted by atomic mass is 35.5. The number of rotatable bonds is 6. The van der Waals surface area contributed by atoms with Crippen molar-refractivity contribution >= 4 is 27.3 Å². The third-order valence-electron chi connectivity index (χ3n) is 4.48. The van der Waals surface area contributed by atoms with E-state index in [1.807, 2.05) is 13.8 Å². The van der Waals surface area contributed by atoms with Crippen LogP contribution in [-0.4, -0.2) is 28.2 Å². The van der Waals surface area contributed by atoms with Crippen LogP contribution in [0.2, 0.25) is 5.02 Å². The van der Waals surface area contributed by atoms with E-state index in [0.717, 1.165) is 11.4 Å². The summed E-state index contributed by atoms with van der Waals surface area (Å²) in [4.78, 5) is 4.24. The van der Waals surface area contributed by atoms with Gasteiger partial charge in [-0.2, -0.15) is 0 Å². The molecule has 0 saturated heterocycles. The maximum Gasteiger partial charge on any atom is 0.261 e. The van der Waals surface area contributed by atoms with Gasteiger partial charge < -0.3 is 4.74 Å². The zero-order chi connectivity index (χ0) is 22.0. The number of anilines is 1. The predicted octanol–water partition coefficient (Wildman–Crippen LogP) is 4.53. The lowest BCUT2D eigenvalue weighted by Crippen LogP contribution is -2.12. The lowest BCUT2D eigenvalue weighted by Gasteiger charge is -2.10. The minimum Gasteiger partial charge on any atom is -0.438 e. The lowest BCUT2D eigenvalue weighted by atomic mass is 10.2. The molecule has 8 nitrogen and oxygen atoms in total. The Hall–Kier alpha value is -3.43. The summed E-state index contributed by atoms with van der Waals surface area (Å²) in [7, 11) is -3.76. The highest BCUT2D eigenvalue weighted by molar-refractivity contribution is 7.92. The molecule has 2 aromatic heterocycles. The Labute approximate surface area is 184 Å². The maximum absolute atomic E-state index is 12.6.